The summed E-state index contributed by atoms with van der Waals surface area (Å²) in [6, 6.07) is 5.68. The highest BCUT2D eigenvalue weighted by Crippen LogP contribution is 2.37. The van der Waals surface area contributed by atoms with Gasteiger partial charge in [-0.2, -0.15) is 4.31 Å². The molecule has 3 heterocycles. The maximum Gasteiger partial charge on any atom is 0.253 e. The van der Waals surface area contributed by atoms with E-state index in [1.54, 1.807) is 10.4 Å². The van der Waals surface area contributed by atoms with E-state index in [0.29, 0.717) is 17.3 Å². The van der Waals surface area contributed by atoms with Crippen LogP contribution in [0.3, 0.4) is 0 Å². The van der Waals surface area contributed by atoms with E-state index in [4.69, 9.17) is 0 Å². The molecular weight excluding hydrogens is 372 g/mol. The second-order valence-corrected chi connectivity index (χ2v) is 9.85. The molecule has 0 N–H and O–H groups in total. The Bertz CT molecular complexity index is 773. The van der Waals surface area contributed by atoms with Gasteiger partial charge in [0.2, 0.25) is 0 Å². The van der Waals surface area contributed by atoms with Crippen LogP contribution in [0.1, 0.15) is 29.9 Å². The lowest BCUT2D eigenvalue weighted by Gasteiger charge is -2.34. The molecule has 4 nitrogen and oxygen atoms in total. The zero-order chi connectivity index (χ0) is 15.4. The molecule has 0 aliphatic carbocycles. The van der Waals surface area contributed by atoms with Gasteiger partial charge in [0.15, 0.2) is 0 Å². The molecule has 0 radical (unpaired) electrons. The maximum absolute atomic E-state index is 12.9. The molecule has 0 spiro atoms. The Hall–Kier alpha value is -0.630. The molecule has 0 bridgehead atoms. The SMILES string of the molecule is Cc1cc(S(=O)(=O)N2CCn3c(C)ccc3C2C)sc1Br. The fourth-order valence-electron chi connectivity index (χ4n) is 2.80. The van der Waals surface area contributed by atoms with Crippen LogP contribution in [0.4, 0.5) is 0 Å². The van der Waals surface area contributed by atoms with Crippen LogP contribution in [-0.2, 0) is 16.6 Å². The minimum absolute atomic E-state index is 0.140. The fraction of sp³-hybridized carbons (Fsp3) is 0.429. The van der Waals surface area contributed by atoms with E-state index in [1.807, 2.05) is 26.0 Å². The van der Waals surface area contributed by atoms with Gasteiger partial charge < -0.3 is 4.57 Å². The van der Waals surface area contributed by atoms with Gasteiger partial charge >= 0.3 is 0 Å². The largest absolute Gasteiger partial charge is 0.346 e. The van der Waals surface area contributed by atoms with Gasteiger partial charge in [-0.25, -0.2) is 8.42 Å². The standard InChI is InChI=1S/C14H17BrN2O2S2/c1-9-8-13(20-14(9)15)21(18,19)17-7-6-16-10(2)4-5-12(16)11(17)3/h4-5,8,11H,6-7H2,1-3H3. The van der Waals surface area contributed by atoms with Crippen LogP contribution >= 0.6 is 27.3 Å². The van der Waals surface area contributed by atoms with Crippen LogP contribution in [0, 0.1) is 13.8 Å². The number of hydrogen-bond acceptors (Lipinski definition) is 3. The quantitative estimate of drug-likeness (QED) is 0.786. The summed E-state index contributed by atoms with van der Waals surface area (Å²) in [5, 5.41) is 0. The summed E-state index contributed by atoms with van der Waals surface area (Å²) in [4.78, 5) is 0. The van der Waals surface area contributed by atoms with E-state index in [-0.39, 0.29) is 6.04 Å². The molecule has 2 aromatic heterocycles. The number of fused-ring (bicyclic) bond motifs is 1. The zero-order valence-corrected chi connectivity index (χ0v) is 15.3. The summed E-state index contributed by atoms with van der Waals surface area (Å²) in [7, 11) is -3.44. The van der Waals surface area contributed by atoms with Gasteiger partial charge in [-0.15, -0.1) is 11.3 Å². The molecule has 0 saturated carbocycles. The van der Waals surface area contributed by atoms with Crippen molar-refractivity contribution in [2.24, 2.45) is 0 Å². The highest BCUT2D eigenvalue weighted by atomic mass is 79.9. The minimum Gasteiger partial charge on any atom is -0.346 e. The molecule has 114 valence electrons. The van der Waals surface area contributed by atoms with Gasteiger partial charge in [0.05, 0.1) is 9.83 Å². The molecule has 2 aromatic rings. The number of rotatable bonds is 2. The van der Waals surface area contributed by atoms with E-state index in [1.165, 1.54) is 17.0 Å². The zero-order valence-electron chi connectivity index (χ0n) is 12.1. The third kappa shape index (κ3) is 2.40. The van der Waals surface area contributed by atoms with Gasteiger partial charge in [0, 0.05) is 24.5 Å². The first-order valence-corrected chi connectivity index (χ1v) is 9.81. The normalized spacial score (nSPS) is 19.7. The fourth-order valence-corrected chi connectivity index (χ4v) is 6.76. The topological polar surface area (TPSA) is 42.3 Å². The van der Waals surface area contributed by atoms with Crippen molar-refractivity contribution in [2.45, 2.75) is 37.6 Å². The lowest BCUT2D eigenvalue weighted by Crippen LogP contribution is -2.40. The molecular formula is C14H17BrN2O2S2. The molecule has 1 unspecified atom stereocenters. The van der Waals surface area contributed by atoms with Crippen LogP contribution in [0.2, 0.25) is 0 Å². The van der Waals surface area contributed by atoms with Crippen LogP contribution < -0.4 is 0 Å². The van der Waals surface area contributed by atoms with Gasteiger partial charge in [-0.05, 0) is 60.5 Å². The summed E-state index contributed by atoms with van der Waals surface area (Å²) in [5.41, 5.74) is 3.21. The number of aryl methyl sites for hydroxylation is 2. The third-order valence-electron chi connectivity index (χ3n) is 4.03. The molecule has 1 aliphatic rings. The highest BCUT2D eigenvalue weighted by molar-refractivity contribution is 9.11. The van der Waals surface area contributed by atoms with Gasteiger partial charge in [-0.1, -0.05) is 0 Å². The van der Waals surface area contributed by atoms with Crippen molar-refractivity contribution in [3.63, 3.8) is 0 Å². The summed E-state index contributed by atoms with van der Waals surface area (Å²) in [6.07, 6.45) is 0. The molecule has 21 heavy (non-hydrogen) atoms. The number of halogens is 1. The van der Waals surface area contributed by atoms with Crippen molar-refractivity contribution in [3.8, 4) is 0 Å². The number of aromatic nitrogens is 1. The molecule has 0 amide bonds. The summed E-state index contributed by atoms with van der Waals surface area (Å²) in [6.45, 7) is 7.15. The van der Waals surface area contributed by atoms with Crippen molar-refractivity contribution < 1.29 is 8.42 Å². The number of thiophene rings is 1. The average molecular weight is 389 g/mol. The highest BCUT2D eigenvalue weighted by Gasteiger charge is 2.35. The van der Waals surface area contributed by atoms with E-state index in [0.717, 1.165) is 15.0 Å². The lowest BCUT2D eigenvalue weighted by molar-refractivity contribution is 0.281. The summed E-state index contributed by atoms with van der Waals surface area (Å²) >= 11 is 4.69. The van der Waals surface area contributed by atoms with Crippen molar-refractivity contribution in [1.29, 1.82) is 0 Å². The van der Waals surface area contributed by atoms with E-state index >= 15 is 0 Å². The molecule has 7 heteroatoms. The number of sulfonamides is 1. The smallest absolute Gasteiger partial charge is 0.253 e. The van der Waals surface area contributed by atoms with E-state index < -0.39 is 10.0 Å². The Kier molecular flexibility index (Phi) is 3.80. The Morgan fingerprint density at radius 2 is 2.00 bits per heavy atom. The predicted molar refractivity (Wildman–Crippen MR) is 88.2 cm³/mol. The monoisotopic (exact) mass is 388 g/mol. The second-order valence-electron chi connectivity index (χ2n) is 5.37. The molecule has 0 saturated heterocycles. The Morgan fingerprint density at radius 3 is 2.62 bits per heavy atom. The van der Waals surface area contributed by atoms with Crippen LogP contribution in [0.5, 0.6) is 0 Å². The molecule has 1 aliphatic heterocycles. The minimum atomic E-state index is -3.44. The first kappa shape index (κ1) is 15.3. The molecule has 3 rings (SSSR count). The Balaban J connectivity index is 2.01. The predicted octanol–water partition coefficient (Wildman–Crippen LogP) is 3.69. The van der Waals surface area contributed by atoms with Crippen LogP contribution in [-0.4, -0.2) is 23.8 Å². The van der Waals surface area contributed by atoms with E-state index in [9.17, 15) is 8.42 Å². The van der Waals surface area contributed by atoms with Crippen LogP contribution in [0.25, 0.3) is 0 Å². The van der Waals surface area contributed by atoms with Crippen molar-refractivity contribution >= 4 is 37.3 Å². The first-order chi connectivity index (χ1) is 9.82. The number of hydrogen-bond donors (Lipinski definition) is 0. The molecule has 0 fully saturated rings. The van der Waals surface area contributed by atoms with Crippen LogP contribution in [0.15, 0.2) is 26.2 Å². The molecule has 1 atom stereocenters. The Labute approximate surface area is 137 Å². The lowest BCUT2D eigenvalue weighted by atomic mass is 10.2. The third-order valence-corrected chi connectivity index (χ3v) is 8.59. The number of nitrogens with zero attached hydrogens (tertiary/aromatic N) is 2. The van der Waals surface area contributed by atoms with Crippen molar-refractivity contribution in [3.05, 3.63) is 38.9 Å². The molecule has 0 aromatic carbocycles. The summed E-state index contributed by atoms with van der Waals surface area (Å²) < 4.78 is 30.9. The van der Waals surface area contributed by atoms with Gasteiger partial charge in [0.1, 0.15) is 4.21 Å². The van der Waals surface area contributed by atoms with Gasteiger partial charge in [-0.3, -0.25) is 0 Å². The average Bonchev–Trinajstić information content (AvgIpc) is 2.95. The second kappa shape index (κ2) is 5.22. The maximum atomic E-state index is 12.9. The summed E-state index contributed by atoms with van der Waals surface area (Å²) in [5.74, 6) is 0. The van der Waals surface area contributed by atoms with Crippen molar-refractivity contribution in [1.82, 2.24) is 8.87 Å². The van der Waals surface area contributed by atoms with Crippen molar-refractivity contribution in [2.75, 3.05) is 6.54 Å². The first-order valence-electron chi connectivity index (χ1n) is 6.76. The van der Waals surface area contributed by atoms with Gasteiger partial charge in [0.25, 0.3) is 10.0 Å². The van der Waals surface area contributed by atoms with E-state index in [2.05, 4.69) is 27.4 Å². The Morgan fingerprint density at radius 1 is 1.29 bits per heavy atom.